The number of hydrogen-bond acceptors (Lipinski definition) is 5. The van der Waals surface area contributed by atoms with Crippen LogP contribution in [0.3, 0.4) is 0 Å². The van der Waals surface area contributed by atoms with E-state index < -0.39 is 0 Å². The monoisotopic (exact) mass is 359 g/mol. The summed E-state index contributed by atoms with van der Waals surface area (Å²) in [6, 6.07) is 10.1. The van der Waals surface area contributed by atoms with Gasteiger partial charge in [-0.05, 0) is 45.0 Å². The van der Waals surface area contributed by atoms with Gasteiger partial charge in [0.1, 0.15) is 17.4 Å². The zero-order chi connectivity index (χ0) is 17.5. The third kappa shape index (κ3) is 5.54. The zero-order valence-electron chi connectivity index (χ0n) is 14.6. The highest BCUT2D eigenvalue weighted by atomic mass is 32.1. The molecule has 134 valence electrons. The Bertz CT molecular complexity index is 668. The van der Waals surface area contributed by atoms with E-state index in [0.29, 0.717) is 25.6 Å². The fourth-order valence-corrected chi connectivity index (χ4v) is 3.66. The number of hydrogen-bond donors (Lipinski definition) is 1. The molecule has 1 aromatic carbocycles. The summed E-state index contributed by atoms with van der Waals surface area (Å²) in [7, 11) is 0. The Morgan fingerprint density at radius 1 is 1.32 bits per heavy atom. The van der Waals surface area contributed by atoms with Crippen molar-refractivity contribution in [3.63, 3.8) is 0 Å². The SMILES string of the molecule is CC(CNC(=O)Cc1csc(COc2ccccc2)n1)N1CCCC1. The third-order valence-corrected chi connectivity index (χ3v) is 5.28. The summed E-state index contributed by atoms with van der Waals surface area (Å²) in [6.07, 6.45) is 2.87. The molecule has 5 nitrogen and oxygen atoms in total. The van der Waals surface area contributed by atoms with Crippen molar-refractivity contribution in [2.45, 2.75) is 38.8 Å². The van der Waals surface area contributed by atoms with Gasteiger partial charge in [0.05, 0.1) is 12.1 Å². The van der Waals surface area contributed by atoms with Gasteiger partial charge >= 0.3 is 0 Å². The molecule has 0 aliphatic carbocycles. The van der Waals surface area contributed by atoms with Crippen LogP contribution in [0.15, 0.2) is 35.7 Å². The quantitative estimate of drug-likeness (QED) is 0.787. The molecule has 1 aliphatic rings. The van der Waals surface area contributed by atoms with Crippen molar-refractivity contribution in [3.05, 3.63) is 46.4 Å². The van der Waals surface area contributed by atoms with Crippen molar-refractivity contribution in [1.82, 2.24) is 15.2 Å². The fraction of sp³-hybridized carbons (Fsp3) is 0.474. The Morgan fingerprint density at radius 2 is 2.08 bits per heavy atom. The molecule has 1 unspecified atom stereocenters. The van der Waals surface area contributed by atoms with Crippen molar-refractivity contribution in [2.75, 3.05) is 19.6 Å². The molecule has 2 heterocycles. The highest BCUT2D eigenvalue weighted by Gasteiger charge is 2.18. The van der Waals surface area contributed by atoms with Crippen LogP contribution >= 0.6 is 11.3 Å². The summed E-state index contributed by atoms with van der Waals surface area (Å²) < 4.78 is 5.69. The molecule has 6 heteroatoms. The topological polar surface area (TPSA) is 54.5 Å². The van der Waals surface area contributed by atoms with Crippen molar-refractivity contribution in [2.24, 2.45) is 0 Å². The first-order chi connectivity index (χ1) is 12.2. The van der Waals surface area contributed by atoms with Crippen molar-refractivity contribution >= 4 is 17.2 Å². The average Bonchev–Trinajstić information content (AvgIpc) is 3.31. The molecule has 1 aliphatic heterocycles. The molecule has 0 spiro atoms. The van der Waals surface area contributed by atoms with Crippen LogP contribution in [0.1, 0.15) is 30.5 Å². The number of likely N-dealkylation sites (tertiary alicyclic amines) is 1. The van der Waals surface area contributed by atoms with Gasteiger partial charge in [-0.25, -0.2) is 4.98 Å². The molecule has 2 aromatic rings. The van der Waals surface area contributed by atoms with Gasteiger partial charge in [0.2, 0.25) is 5.91 Å². The van der Waals surface area contributed by atoms with Crippen LogP contribution in [0.4, 0.5) is 0 Å². The van der Waals surface area contributed by atoms with Gasteiger partial charge in [-0.1, -0.05) is 18.2 Å². The Hall–Kier alpha value is -1.92. The maximum absolute atomic E-state index is 12.1. The number of carbonyl (C=O) groups is 1. The molecule has 25 heavy (non-hydrogen) atoms. The Labute approximate surface area is 153 Å². The number of carbonyl (C=O) groups excluding carboxylic acids is 1. The Balaban J connectivity index is 1.40. The van der Waals surface area contributed by atoms with Crippen molar-refractivity contribution in [1.29, 1.82) is 0 Å². The summed E-state index contributed by atoms with van der Waals surface area (Å²) >= 11 is 1.53. The van der Waals surface area contributed by atoms with E-state index in [1.165, 1.54) is 24.2 Å². The van der Waals surface area contributed by atoms with Crippen LogP contribution in [-0.4, -0.2) is 41.5 Å². The molecule has 1 saturated heterocycles. The highest BCUT2D eigenvalue weighted by molar-refractivity contribution is 7.09. The average molecular weight is 359 g/mol. The van der Waals surface area contributed by atoms with E-state index in [4.69, 9.17) is 4.74 Å². The molecule has 1 N–H and O–H groups in total. The molecule has 3 rings (SSSR count). The van der Waals surface area contributed by atoms with Crippen molar-refractivity contribution < 1.29 is 9.53 Å². The van der Waals surface area contributed by atoms with Crippen LogP contribution in [-0.2, 0) is 17.8 Å². The third-order valence-electron chi connectivity index (χ3n) is 4.41. The van der Waals surface area contributed by atoms with Crippen LogP contribution in [0, 0.1) is 0 Å². The zero-order valence-corrected chi connectivity index (χ0v) is 15.4. The van der Waals surface area contributed by atoms with E-state index in [1.54, 1.807) is 0 Å². The minimum atomic E-state index is 0.0341. The molecule has 0 saturated carbocycles. The molecule has 1 aromatic heterocycles. The fourth-order valence-electron chi connectivity index (χ4n) is 2.96. The molecular weight excluding hydrogens is 334 g/mol. The Morgan fingerprint density at radius 3 is 2.84 bits per heavy atom. The number of para-hydroxylation sites is 1. The predicted molar refractivity (Wildman–Crippen MR) is 99.9 cm³/mol. The summed E-state index contributed by atoms with van der Waals surface area (Å²) in [6.45, 7) is 5.60. The lowest BCUT2D eigenvalue weighted by atomic mass is 10.2. The number of amides is 1. The Kier molecular flexibility index (Phi) is 6.42. The van der Waals surface area contributed by atoms with Crippen LogP contribution < -0.4 is 10.1 Å². The second kappa shape index (κ2) is 8.97. The van der Waals surface area contributed by atoms with Gasteiger partial charge in [-0.3, -0.25) is 9.69 Å². The number of benzene rings is 1. The number of aromatic nitrogens is 1. The summed E-state index contributed by atoms with van der Waals surface area (Å²) in [5.74, 6) is 0.861. The normalized spacial score (nSPS) is 15.9. The molecule has 1 atom stereocenters. The van der Waals surface area contributed by atoms with Gasteiger partial charge in [-0.2, -0.15) is 0 Å². The summed E-state index contributed by atoms with van der Waals surface area (Å²) in [4.78, 5) is 19.0. The second-order valence-corrected chi connectivity index (χ2v) is 7.35. The van der Waals surface area contributed by atoms with E-state index in [2.05, 4.69) is 22.1 Å². The number of rotatable bonds is 8. The first kappa shape index (κ1) is 17.9. The first-order valence-electron chi connectivity index (χ1n) is 8.82. The summed E-state index contributed by atoms with van der Waals surface area (Å²) in [5.41, 5.74) is 0.808. The van der Waals surface area contributed by atoms with Crippen LogP contribution in [0.5, 0.6) is 5.75 Å². The van der Waals surface area contributed by atoms with Gasteiger partial charge in [0.15, 0.2) is 0 Å². The summed E-state index contributed by atoms with van der Waals surface area (Å²) in [5, 5.41) is 5.85. The van der Waals surface area contributed by atoms with Crippen molar-refractivity contribution in [3.8, 4) is 5.75 Å². The van der Waals surface area contributed by atoms with E-state index >= 15 is 0 Å². The maximum atomic E-state index is 12.1. The van der Waals surface area contributed by atoms with Gasteiger partial charge < -0.3 is 10.1 Å². The van der Waals surface area contributed by atoms with E-state index in [-0.39, 0.29) is 5.91 Å². The number of nitrogens with zero attached hydrogens (tertiary/aromatic N) is 2. The van der Waals surface area contributed by atoms with E-state index in [0.717, 1.165) is 29.5 Å². The van der Waals surface area contributed by atoms with E-state index in [9.17, 15) is 4.79 Å². The lowest BCUT2D eigenvalue weighted by molar-refractivity contribution is -0.120. The predicted octanol–water partition coefficient (Wildman–Crippen LogP) is 2.87. The minimum Gasteiger partial charge on any atom is -0.486 e. The van der Waals surface area contributed by atoms with Gasteiger partial charge in [-0.15, -0.1) is 11.3 Å². The molecule has 1 amide bonds. The van der Waals surface area contributed by atoms with Gasteiger partial charge in [0.25, 0.3) is 0 Å². The smallest absolute Gasteiger partial charge is 0.226 e. The van der Waals surface area contributed by atoms with Crippen LogP contribution in [0.2, 0.25) is 0 Å². The lowest BCUT2D eigenvalue weighted by Gasteiger charge is -2.23. The minimum absolute atomic E-state index is 0.0341. The maximum Gasteiger partial charge on any atom is 0.226 e. The lowest BCUT2D eigenvalue weighted by Crippen LogP contribution is -2.41. The largest absolute Gasteiger partial charge is 0.486 e. The van der Waals surface area contributed by atoms with Crippen LogP contribution in [0.25, 0.3) is 0 Å². The molecular formula is C19H25N3O2S. The second-order valence-electron chi connectivity index (χ2n) is 6.41. The highest BCUT2D eigenvalue weighted by Crippen LogP contribution is 2.15. The standard InChI is InChI=1S/C19H25N3O2S/c1-15(22-9-5-6-10-22)12-20-18(23)11-16-14-25-19(21-16)13-24-17-7-3-2-4-8-17/h2-4,7-8,14-15H,5-6,9-13H2,1H3,(H,20,23). The van der Waals surface area contributed by atoms with Gasteiger partial charge in [0, 0.05) is 18.0 Å². The molecule has 0 bridgehead atoms. The first-order valence-corrected chi connectivity index (χ1v) is 9.70. The number of ether oxygens (including phenoxy) is 1. The molecule has 1 fully saturated rings. The van der Waals surface area contributed by atoms with E-state index in [1.807, 2.05) is 35.7 Å². The molecule has 0 radical (unpaired) electrons. The number of thiazole rings is 1. The number of nitrogens with one attached hydrogen (secondary N) is 1.